The fourth-order valence-corrected chi connectivity index (χ4v) is 3.14. The highest BCUT2D eigenvalue weighted by Crippen LogP contribution is 2.21. The first-order valence-corrected chi connectivity index (χ1v) is 11.1. The standard InChI is InChI=1S/C24H25ClF2N4O4/c1-16-3-6-22(21(27)11-16)35-9-7-23(32)29-17-13-28-31(14-17)15-24(33)30(2)8-10-34-18-4-5-20(26)19(25)12-18/h3-6,11-14H,7-10,15H2,1-2H3,(H,29,32). The third-order valence-electron chi connectivity index (χ3n) is 4.90. The van der Waals surface area contributed by atoms with Gasteiger partial charge in [0.05, 0.1) is 36.5 Å². The predicted molar refractivity (Wildman–Crippen MR) is 127 cm³/mol. The van der Waals surface area contributed by atoms with E-state index in [1.165, 1.54) is 52.3 Å². The van der Waals surface area contributed by atoms with Crippen molar-refractivity contribution in [2.75, 3.05) is 32.1 Å². The molecular weight excluding hydrogens is 482 g/mol. The highest BCUT2D eigenvalue weighted by Gasteiger charge is 2.12. The molecule has 0 unspecified atom stereocenters. The lowest BCUT2D eigenvalue weighted by Crippen LogP contribution is -2.33. The molecule has 0 fully saturated rings. The summed E-state index contributed by atoms with van der Waals surface area (Å²) in [6, 6.07) is 8.63. The summed E-state index contributed by atoms with van der Waals surface area (Å²) < 4.78 is 39.2. The number of hydrogen-bond acceptors (Lipinski definition) is 5. The quantitative estimate of drug-likeness (QED) is 0.424. The van der Waals surface area contributed by atoms with Crippen LogP contribution in [-0.2, 0) is 16.1 Å². The molecule has 0 atom stereocenters. The summed E-state index contributed by atoms with van der Waals surface area (Å²) in [7, 11) is 1.62. The van der Waals surface area contributed by atoms with Crippen LogP contribution < -0.4 is 14.8 Å². The molecule has 0 radical (unpaired) electrons. The number of hydrogen-bond donors (Lipinski definition) is 1. The Morgan fingerprint density at radius 2 is 1.91 bits per heavy atom. The van der Waals surface area contributed by atoms with E-state index in [0.29, 0.717) is 18.0 Å². The Labute approximate surface area is 206 Å². The van der Waals surface area contributed by atoms with Crippen molar-refractivity contribution >= 4 is 29.1 Å². The van der Waals surface area contributed by atoms with Gasteiger partial charge in [0, 0.05) is 19.3 Å². The molecule has 1 N–H and O–H groups in total. The lowest BCUT2D eigenvalue weighted by molar-refractivity contribution is -0.131. The number of carbonyl (C=O) groups excluding carboxylic acids is 2. The number of anilines is 1. The molecular formula is C24H25ClF2N4O4. The predicted octanol–water partition coefficient (Wildman–Crippen LogP) is 4.07. The van der Waals surface area contributed by atoms with E-state index in [-0.39, 0.29) is 48.8 Å². The molecule has 1 aromatic heterocycles. The molecule has 35 heavy (non-hydrogen) atoms. The molecule has 3 rings (SSSR count). The number of amides is 2. The van der Waals surface area contributed by atoms with Gasteiger partial charge in [-0.2, -0.15) is 5.10 Å². The number of nitrogens with zero attached hydrogens (tertiary/aromatic N) is 3. The van der Waals surface area contributed by atoms with Crippen molar-refractivity contribution in [1.29, 1.82) is 0 Å². The fourth-order valence-electron chi connectivity index (χ4n) is 2.97. The van der Waals surface area contributed by atoms with E-state index in [9.17, 15) is 18.4 Å². The van der Waals surface area contributed by atoms with Crippen molar-refractivity contribution in [3.8, 4) is 11.5 Å². The zero-order chi connectivity index (χ0) is 25.4. The van der Waals surface area contributed by atoms with Crippen LogP contribution in [0.3, 0.4) is 0 Å². The first kappa shape index (κ1) is 26.0. The first-order chi connectivity index (χ1) is 16.7. The number of benzene rings is 2. The van der Waals surface area contributed by atoms with Crippen LogP contribution in [0.25, 0.3) is 0 Å². The van der Waals surface area contributed by atoms with Gasteiger partial charge in [0.2, 0.25) is 11.8 Å². The lowest BCUT2D eigenvalue weighted by Gasteiger charge is -2.17. The van der Waals surface area contributed by atoms with Crippen LogP contribution >= 0.6 is 11.6 Å². The number of aromatic nitrogens is 2. The van der Waals surface area contributed by atoms with Gasteiger partial charge in [0.15, 0.2) is 11.6 Å². The second kappa shape index (κ2) is 12.2. The number of halogens is 3. The van der Waals surface area contributed by atoms with Crippen LogP contribution in [0.1, 0.15) is 12.0 Å². The van der Waals surface area contributed by atoms with E-state index in [0.717, 1.165) is 5.56 Å². The smallest absolute Gasteiger partial charge is 0.244 e. The number of nitrogens with one attached hydrogen (secondary N) is 1. The van der Waals surface area contributed by atoms with Crippen LogP contribution in [0.15, 0.2) is 48.8 Å². The molecule has 0 aliphatic rings. The fraction of sp³-hybridized carbons (Fsp3) is 0.292. The van der Waals surface area contributed by atoms with Gasteiger partial charge in [-0.1, -0.05) is 17.7 Å². The Kier molecular flexibility index (Phi) is 9.02. The Morgan fingerprint density at radius 3 is 2.66 bits per heavy atom. The van der Waals surface area contributed by atoms with E-state index in [1.807, 2.05) is 0 Å². The second-order valence-electron chi connectivity index (χ2n) is 7.75. The van der Waals surface area contributed by atoms with Crippen LogP contribution in [0.5, 0.6) is 11.5 Å². The number of likely N-dealkylation sites (N-methyl/N-ethyl adjacent to an activating group) is 1. The minimum Gasteiger partial charge on any atom is -0.492 e. The summed E-state index contributed by atoms with van der Waals surface area (Å²) in [6.45, 7) is 2.23. The highest BCUT2D eigenvalue weighted by molar-refractivity contribution is 6.30. The molecule has 0 saturated carbocycles. The monoisotopic (exact) mass is 506 g/mol. The summed E-state index contributed by atoms with van der Waals surface area (Å²) in [5.74, 6) is -1.08. The average molecular weight is 507 g/mol. The van der Waals surface area contributed by atoms with Crippen molar-refractivity contribution < 1.29 is 27.8 Å². The first-order valence-electron chi connectivity index (χ1n) is 10.7. The third kappa shape index (κ3) is 7.96. The van der Waals surface area contributed by atoms with Crippen molar-refractivity contribution in [1.82, 2.24) is 14.7 Å². The molecule has 3 aromatic rings. The van der Waals surface area contributed by atoms with Crippen LogP contribution in [0, 0.1) is 18.6 Å². The summed E-state index contributed by atoms with van der Waals surface area (Å²) in [6.07, 6.45) is 2.97. The van der Waals surface area contributed by atoms with E-state index < -0.39 is 11.6 Å². The Balaban J connectivity index is 1.38. The van der Waals surface area contributed by atoms with Crippen molar-refractivity contribution in [2.24, 2.45) is 0 Å². The molecule has 0 saturated heterocycles. The minimum atomic E-state index is -0.535. The van der Waals surface area contributed by atoms with Gasteiger partial charge in [-0.05, 0) is 36.8 Å². The van der Waals surface area contributed by atoms with E-state index in [1.54, 1.807) is 20.0 Å². The van der Waals surface area contributed by atoms with Gasteiger partial charge >= 0.3 is 0 Å². The number of rotatable bonds is 11. The molecule has 8 nitrogen and oxygen atoms in total. The summed E-state index contributed by atoms with van der Waals surface area (Å²) >= 11 is 5.71. The molecule has 2 aromatic carbocycles. The van der Waals surface area contributed by atoms with Gasteiger partial charge in [-0.25, -0.2) is 8.78 Å². The lowest BCUT2D eigenvalue weighted by atomic mass is 10.2. The summed E-state index contributed by atoms with van der Waals surface area (Å²) in [5.41, 5.74) is 1.20. The Hall–Kier alpha value is -3.66. The van der Waals surface area contributed by atoms with E-state index >= 15 is 0 Å². The SMILES string of the molecule is Cc1ccc(OCCC(=O)Nc2cnn(CC(=O)N(C)CCOc3ccc(F)c(Cl)c3)c2)c(F)c1. The molecule has 0 bridgehead atoms. The topological polar surface area (TPSA) is 85.7 Å². The second-order valence-corrected chi connectivity index (χ2v) is 8.15. The Bertz CT molecular complexity index is 1190. The van der Waals surface area contributed by atoms with Crippen molar-refractivity contribution in [2.45, 2.75) is 19.9 Å². The van der Waals surface area contributed by atoms with Gasteiger partial charge in [-0.15, -0.1) is 0 Å². The van der Waals surface area contributed by atoms with Crippen LogP contribution in [0.2, 0.25) is 5.02 Å². The van der Waals surface area contributed by atoms with Gasteiger partial charge in [0.1, 0.15) is 24.7 Å². The molecule has 0 spiro atoms. The normalized spacial score (nSPS) is 10.7. The number of aryl methyl sites for hydroxylation is 1. The highest BCUT2D eigenvalue weighted by atomic mass is 35.5. The number of carbonyl (C=O) groups is 2. The van der Waals surface area contributed by atoms with E-state index in [2.05, 4.69) is 10.4 Å². The van der Waals surface area contributed by atoms with Gasteiger partial charge in [0.25, 0.3) is 0 Å². The molecule has 0 aliphatic heterocycles. The zero-order valence-corrected chi connectivity index (χ0v) is 20.0. The largest absolute Gasteiger partial charge is 0.492 e. The maximum atomic E-state index is 13.8. The number of ether oxygens (including phenoxy) is 2. The Morgan fingerprint density at radius 1 is 1.11 bits per heavy atom. The molecule has 2 amide bonds. The molecule has 186 valence electrons. The van der Waals surface area contributed by atoms with Crippen LogP contribution in [0.4, 0.5) is 14.5 Å². The van der Waals surface area contributed by atoms with E-state index in [4.69, 9.17) is 21.1 Å². The molecule has 0 aliphatic carbocycles. The molecule has 11 heteroatoms. The van der Waals surface area contributed by atoms with Crippen molar-refractivity contribution in [3.63, 3.8) is 0 Å². The zero-order valence-electron chi connectivity index (χ0n) is 19.3. The maximum Gasteiger partial charge on any atom is 0.244 e. The summed E-state index contributed by atoms with van der Waals surface area (Å²) in [4.78, 5) is 26.0. The van der Waals surface area contributed by atoms with Crippen molar-refractivity contribution in [3.05, 3.63) is 71.0 Å². The minimum absolute atomic E-state index is 0.00936. The van der Waals surface area contributed by atoms with Crippen LogP contribution in [-0.4, -0.2) is 53.3 Å². The third-order valence-corrected chi connectivity index (χ3v) is 5.19. The molecule has 1 heterocycles. The average Bonchev–Trinajstić information content (AvgIpc) is 3.24. The maximum absolute atomic E-state index is 13.8. The van der Waals surface area contributed by atoms with Gasteiger partial charge < -0.3 is 19.7 Å². The summed E-state index contributed by atoms with van der Waals surface area (Å²) in [5, 5.41) is 6.69. The van der Waals surface area contributed by atoms with Gasteiger partial charge in [-0.3, -0.25) is 14.3 Å².